The maximum atomic E-state index is 12.7. The van der Waals surface area contributed by atoms with Crippen molar-refractivity contribution in [3.05, 3.63) is 53.7 Å². The van der Waals surface area contributed by atoms with Crippen molar-refractivity contribution < 1.29 is 4.79 Å². The number of aryl methyl sites for hydroxylation is 1. The van der Waals surface area contributed by atoms with Crippen LogP contribution in [0.25, 0.3) is 10.9 Å². The normalized spacial score (nSPS) is 14.4. The van der Waals surface area contributed by atoms with Gasteiger partial charge in [0.1, 0.15) is 5.69 Å². The molecule has 0 atom stereocenters. The lowest BCUT2D eigenvalue weighted by Gasteiger charge is -2.26. The van der Waals surface area contributed by atoms with Crippen LogP contribution in [0.3, 0.4) is 0 Å². The number of nitrogens with one attached hydrogen (secondary N) is 1. The first kappa shape index (κ1) is 12.2. The molecule has 0 bridgehead atoms. The highest BCUT2D eigenvalue weighted by molar-refractivity contribution is 5.98. The predicted octanol–water partition coefficient (Wildman–Crippen LogP) is 2.10. The fourth-order valence-corrected chi connectivity index (χ4v) is 2.95. The van der Waals surface area contributed by atoms with Gasteiger partial charge in [0.05, 0.1) is 24.3 Å². The standard InChI is InChI=1S/C16H16N4O/c1-19-10-17-13-6-7-20(9-15(13)19)16(21)14-8-11-4-2-3-5-12(11)18-14/h2-5,8,10,18H,6-7,9H2,1H3. The van der Waals surface area contributed by atoms with Gasteiger partial charge in [0.2, 0.25) is 0 Å². The second-order valence-corrected chi connectivity index (χ2v) is 5.50. The van der Waals surface area contributed by atoms with E-state index in [-0.39, 0.29) is 5.91 Å². The van der Waals surface area contributed by atoms with E-state index in [1.54, 1.807) is 0 Å². The minimum atomic E-state index is 0.0538. The highest BCUT2D eigenvalue weighted by Gasteiger charge is 2.25. The van der Waals surface area contributed by atoms with Crippen LogP contribution in [0.4, 0.5) is 0 Å². The molecule has 2 aromatic heterocycles. The molecule has 3 aromatic rings. The molecule has 1 aliphatic heterocycles. The maximum Gasteiger partial charge on any atom is 0.270 e. The molecule has 5 heteroatoms. The van der Waals surface area contributed by atoms with Crippen LogP contribution >= 0.6 is 0 Å². The van der Waals surface area contributed by atoms with Gasteiger partial charge in [-0.05, 0) is 12.1 Å². The van der Waals surface area contributed by atoms with Crippen LogP contribution in [0.5, 0.6) is 0 Å². The summed E-state index contributed by atoms with van der Waals surface area (Å²) in [5.41, 5.74) is 3.89. The third-order valence-corrected chi connectivity index (χ3v) is 4.15. The van der Waals surface area contributed by atoms with Gasteiger partial charge in [-0.15, -0.1) is 0 Å². The molecule has 0 unspecified atom stereocenters. The molecule has 1 aromatic carbocycles. The highest BCUT2D eigenvalue weighted by Crippen LogP contribution is 2.21. The van der Waals surface area contributed by atoms with Gasteiger partial charge in [0, 0.05) is 30.9 Å². The number of aromatic nitrogens is 3. The Morgan fingerprint density at radius 1 is 1.33 bits per heavy atom. The topological polar surface area (TPSA) is 53.9 Å². The van der Waals surface area contributed by atoms with Gasteiger partial charge < -0.3 is 14.5 Å². The van der Waals surface area contributed by atoms with Crippen molar-refractivity contribution >= 4 is 16.8 Å². The van der Waals surface area contributed by atoms with Crippen molar-refractivity contribution in [3.63, 3.8) is 0 Å². The zero-order valence-corrected chi connectivity index (χ0v) is 11.8. The number of aromatic amines is 1. The number of imidazole rings is 1. The first-order valence-electron chi connectivity index (χ1n) is 7.08. The molecular weight excluding hydrogens is 264 g/mol. The number of carbonyl (C=O) groups is 1. The molecule has 1 amide bonds. The lowest BCUT2D eigenvalue weighted by atomic mass is 10.1. The molecular formula is C16H16N4O. The zero-order chi connectivity index (χ0) is 14.4. The third-order valence-electron chi connectivity index (χ3n) is 4.15. The van der Waals surface area contributed by atoms with Gasteiger partial charge in [-0.3, -0.25) is 4.79 Å². The molecule has 21 heavy (non-hydrogen) atoms. The fourth-order valence-electron chi connectivity index (χ4n) is 2.95. The molecule has 106 valence electrons. The molecule has 0 fully saturated rings. The van der Waals surface area contributed by atoms with E-state index in [2.05, 4.69) is 9.97 Å². The average molecular weight is 280 g/mol. The summed E-state index contributed by atoms with van der Waals surface area (Å²) in [4.78, 5) is 22.1. The first-order valence-corrected chi connectivity index (χ1v) is 7.08. The van der Waals surface area contributed by atoms with E-state index in [4.69, 9.17) is 0 Å². The van der Waals surface area contributed by atoms with Crippen LogP contribution in [0.15, 0.2) is 36.7 Å². The molecule has 0 radical (unpaired) electrons. The molecule has 1 N–H and O–H groups in total. The van der Waals surface area contributed by atoms with Crippen molar-refractivity contribution in [2.45, 2.75) is 13.0 Å². The number of hydrogen-bond acceptors (Lipinski definition) is 2. The number of fused-ring (bicyclic) bond motifs is 2. The van der Waals surface area contributed by atoms with Gasteiger partial charge in [-0.1, -0.05) is 18.2 Å². The fraction of sp³-hybridized carbons (Fsp3) is 0.250. The Morgan fingerprint density at radius 2 is 2.19 bits per heavy atom. The molecule has 3 heterocycles. The van der Waals surface area contributed by atoms with Crippen molar-refractivity contribution in [1.82, 2.24) is 19.4 Å². The van der Waals surface area contributed by atoms with Crippen molar-refractivity contribution in [2.24, 2.45) is 7.05 Å². The Hall–Kier alpha value is -2.56. The number of para-hydroxylation sites is 1. The summed E-state index contributed by atoms with van der Waals surface area (Å²) in [5, 5.41) is 1.07. The van der Waals surface area contributed by atoms with E-state index >= 15 is 0 Å². The van der Waals surface area contributed by atoms with E-state index < -0.39 is 0 Å². The number of benzene rings is 1. The Kier molecular flexibility index (Phi) is 2.60. The lowest BCUT2D eigenvalue weighted by Crippen LogP contribution is -2.36. The van der Waals surface area contributed by atoms with Gasteiger partial charge in [-0.25, -0.2) is 4.98 Å². The summed E-state index contributed by atoms with van der Waals surface area (Å²) in [6.45, 7) is 1.35. The van der Waals surface area contributed by atoms with Gasteiger partial charge in [-0.2, -0.15) is 0 Å². The quantitative estimate of drug-likeness (QED) is 0.742. The first-order chi connectivity index (χ1) is 10.2. The predicted molar refractivity (Wildman–Crippen MR) is 80.0 cm³/mol. The largest absolute Gasteiger partial charge is 0.351 e. The lowest BCUT2D eigenvalue weighted by molar-refractivity contribution is 0.0725. The van der Waals surface area contributed by atoms with E-state index in [0.717, 1.165) is 35.3 Å². The minimum Gasteiger partial charge on any atom is -0.351 e. The van der Waals surface area contributed by atoms with Crippen LogP contribution in [0.1, 0.15) is 21.9 Å². The van der Waals surface area contributed by atoms with Gasteiger partial charge in [0.15, 0.2) is 0 Å². The summed E-state index contributed by atoms with van der Waals surface area (Å²) in [5.74, 6) is 0.0538. The number of H-pyrrole nitrogens is 1. The molecule has 0 saturated carbocycles. The number of nitrogens with zero attached hydrogens (tertiary/aromatic N) is 3. The van der Waals surface area contributed by atoms with E-state index in [1.165, 1.54) is 0 Å². The van der Waals surface area contributed by atoms with E-state index in [1.807, 2.05) is 53.2 Å². The Morgan fingerprint density at radius 3 is 3.05 bits per heavy atom. The van der Waals surface area contributed by atoms with Crippen LogP contribution < -0.4 is 0 Å². The van der Waals surface area contributed by atoms with Gasteiger partial charge >= 0.3 is 0 Å². The monoisotopic (exact) mass is 280 g/mol. The second kappa shape index (κ2) is 4.48. The molecule has 0 spiro atoms. The number of carbonyl (C=O) groups excluding carboxylic acids is 1. The summed E-state index contributed by atoms with van der Waals surface area (Å²) in [6, 6.07) is 9.87. The average Bonchev–Trinajstić information content (AvgIpc) is 3.10. The van der Waals surface area contributed by atoms with Crippen LogP contribution in [0.2, 0.25) is 0 Å². The summed E-state index contributed by atoms with van der Waals surface area (Å²) < 4.78 is 2.00. The number of amides is 1. The van der Waals surface area contributed by atoms with E-state index in [9.17, 15) is 4.79 Å². The number of hydrogen-bond donors (Lipinski definition) is 1. The SMILES string of the molecule is Cn1cnc2c1CN(C(=O)c1cc3ccccc3[nH]1)CC2. The van der Waals surface area contributed by atoms with Crippen molar-refractivity contribution in [2.75, 3.05) is 6.54 Å². The Balaban J connectivity index is 1.65. The Labute approximate surface area is 122 Å². The summed E-state index contributed by atoms with van der Waals surface area (Å²) in [7, 11) is 1.97. The molecule has 1 aliphatic rings. The maximum absolute atomic E-state index is 12.7. The van der Waals surface area contributed by atoms with Crippen LogP contribution in [0, 0.1) is 0 Å². The van der Waals surface area contributed by atoms with Crippen molar-refractivity contribution in [1.29, 1.82) is 0 Å². The zero-order valence-electron chi connectivity index (χ0n) is 11.8. The Bertz CT molecular complexity index is 797. The molecule has 0 aliphatic carbocycles. The molecule has 5 nitrogen and oxygen atoms in total. The molecule has 4 rings (SSSR count). The van der Waals surface area contributed by atoms with Crippen molar-refractivity contribution in [3.8, 4) is 0 Å². The third kappa shape index (κ3) is 1.93. The smallest absolute Gasteiger partial charge is 0.270 e. The number of rotatable bonds is 1. The summed E-state index contributed by atoms with van der Waals surface area (Å²) in [6.07, 6.45) is 2.64. The minimum absolute atomic E-state index is 0.0538. The van der Waals surface area contributed by atoms with Gasteiger partial charge in [0.25, 0.3) is 5.91 Å². The summed E-state index contributed by atoms with van der Waals surface area (Å²) >= 11 is 0. The van der Waals surface area contributed by atoms with Crippen LogP contribution in [-0.4, -0.2) is 31.9 Å². The van der Waals surface area contributed by atoms with E-state index in [0.29, 0.717) is 12.2 Å². The highest BCUT2D eigenvalue weighted by atomic mass is 16.2. The molecule has 0 saturated heterocycles. The van der Waals surface area contributed by atoms with Crippen LogP contribution in [-0.2, 0) is 20.0 Å². The second-order valence-electron chi connectivity index (χ2n) is 5.50.